The van der Waals surface area contributed by atoms with Crippen LogP contribution in [0.2, 0.25) is 0 Å². The number of hydrogen-bond acceptors (Lipinski definition) is 4. The Labute approximate surface area is 185 Å². The summed E-state index contributed by atoms with van der Waals surface area (Å²) in [6.45, 7) is 4.50. The Morgan fingerprint density at radius 3 is 2.50 bits per heavy atom. The molecule has 0 amide bonds. The molecule has 1 fully saturated rings. The van der Waals surface area contributed by atoms with Gasteiger partial charge in [0.2, 0.25) is 0 Å². The lowest BCUT2D eigenvalue weighted by Gasteiger charge is -2.38. The number of aromatic nitrogens is 2. The van der Waals surface area contributed by atoms with E-state index in [1.807, 2.05) is 31.2 Å². The van der Waals surface area contributed by atoms with Crippen LogP contribution in [0.1, 0.15) is 40.8 Å². The van der Waals surface area contributed by atoms with Gasteiger partial charge in [-0.15, -0.1) is 0 Å². The minimum atomic E-state index is -0.699. The predicted octanol–water partition coefficient (Wildman–Crippen LogP) is 3.05. The van der Waals surface area contributed by atoms with Crippen molar-refractivity contribution in [2.24, 2.45) is 0 Å². The van der Waals surface area contributed by atoms with E-state index in [0.29, 0.717) is 29.7 Å². The van der Waals surface area contributed by atoms with Crippen LogP contribution in [0.15, 0.2) is 58.1 Å². The number of likely N-dealkylation sites (tertiary alicyclic amines) is 1. The van der Waals surface area contributed by atoms with Crippen molar-refractivity contribution in [3.63, 3.8) is 0 Å². The van der Waals surface area contributed by atoms with E-state index in [-0.39, 0.29) is 24.5 Å². The number of fused-ring (bicyclic) bond motifs is 2. The molecule has 0 unspecified atom stereocenters. The van der Waals surface area contributed by atoms with Crippen molar-refractivity contribution in [1.29, 1.82) is 0 Å². The van der Waals surface area contributed by atoms with Crippen molar-refractivity contribution in [3.05, 3.63) is 103 Å². The molecule has 1 saturated heterocycles. The average Bonchev–Trinajstić information content (AvgIpc) is 3.14. The molecule has 7 heteroatoms. The first-order valence-corrected chi connectivity index (χ1v) is 11.0. The van der Waals surface area contributed by atoms with Gasteiger partial charge in [0, 0.05) is 25.2 Å². The van der Waals surface area contributed by atoms with Gasteiger partial charge in [-0.2, -0.15) is 0 Å². The Hall–Kier alpha value is -3.03. The molecule has 6 nitrogen and oxygen atoms in total. The van der Waals surface area contributed by atoms with Gasteiger partial charge < -0.3 is 4.74 Å². The molecule has 2 aliphatic rings. The third-order valence-corrected chi connectivity index (χ3v) is 6.83. The van der Waals surface area contributed by atoms with Gasteiger partial charge in [-0.1, -0.05) is 42.5 Å². The highest BCUT2D eigenvalue weighted by Gasteiger charge is 2.46. The van der Waals surface area contributed by atoms with Crippen LogP contribution in [-0.2, 0) is 30.0 Å². The molecule has 3 aromatic rings. The number of rotatable bonds is 4. The number of nitrogens with zero attached hydrogens (tertiary/aromatic N) is 2. The van der Waals surface area contributed by atoms with Gasteiger partial charge in [0.25, 0.3) is 5.56 Å². The van der Waals surface area contributed by atoms with Crippen molar-refractivity contribution in [1.82, 2.24) is 14.5 Å². The molecule has 0 aliphatic carbocycles. The van der Waals surface area contributed by atoms with E-state index >= 15 is 0 Å². The normalized spacial score (nSPS) is 17.6. The second-order valence-electron chi connectivity index (χ2n) is 8.75. The van der Waals surface area contributed by atoms with Crippen molar-refractivity contribution >= 4 is 0 Å². The molecule has 3 heterocycles. The van der Waals surface area contributed by atoms with Gasteiger partial charge in [-0.25, -0.2) is 9.18 Å². The van der Waals surface area contributed by atoms with E-state index in [1.165, 1.54) is 16.2 Å². The maximum absolute atomic E-state index is 14.4. The van der Waals surface area contributed by atoms with Gasteiger partial charge >= 0.3 is 5.69 Å². The second-order valence-corrected chi connectivity index (χ2v) is 8.75. The van der Waals surface area contributed by atoms with E-state index < -0.39 is 11.3 Å². The topological polar surface area (TPSA) is 67.3 Å². The smallest absolute Gasteiger partial charge is 0.328 e. The summed E-state index contributed by atoms with van der Waals surface area (Å²) in [5.41, 5.74) is 1.95. The number of benzene rings is 2. The van der Waals surface area contributed by atoms with E-state index in [0.717, 1.165) is 25.2 Å². The second kappa shape index (κ2) is 8.15. The molecular weight excluding hydrogens is 409 g/mol. The van der Waals surface area contributed by atoms with Gasteiger partial charge in [-0.3, -0.25) is 19.2 Å². The summed E-state index contributed by atoms with van der Waals surface area (Å²) in [7, 11) is 0. The minimum Gasteiger partial charge on any atom is -0.364 e. The zero-order valence-electron chi connectivity index (χ0n) is 18.1. The molecule has 1 aromatic heterocycles. The monoisotopic (exact) mass is 435 g/mol. The van der Waals surface area contributed by atoms with E-state index in [9.17, 15) is 14.0 Å². The van der Waals surface area contributed by atoms with Crippen molar-refractivity contribution < 1.29 is 9.13 Å². The number of piperidine rings is 1. The SMILES string of the molecule is Cc1cccc(F)c1Cn1c2c(c(=O)[nH]c1=O)C1(CCN(Cc3ccccc3)CC1)OC2. The fourth-order valence-electron chi connectivity index (χ4n) is 5.01. The van der Waals surface area contributed by atoms with E-state index in [4.69, 9.17) is 4.74 Å². The van der Waals surface area contributed by atoms with Crippen molar-refractivity contribution in [3.8, 4) is 0 Å². The van der Waals surface area contributed by atoms with Crippen LogP contribution in [0.25, 0.3) is 0 Å². The zero-order valence-corrected chi connectivity index (χ0v) is 18.1. The molecule has 0 atom stereocenters. The fourth-order valence-corrected chi connectivity index (χ4v) is 5.01. The predicted molar refractivity (Wildman–Crippen MR) is 119 cm³/mol. The van der Waals surface area contributed by atoms with E-state index in [2.05, 4.69) is 22.0 Å². The van der Waals surface area contributed by atoms with E-state index in [1.54, 1.807) is 6.07 Å². The number of hydrogen-bond donors (Lipinski definition) is 1. The van der Waals surface area contributed by atoms with Gasteiger partial charge in [-0.05, 0) is 37.0 Å². The summed E-state index contributed by atoms with van der Waals surface area (Å²) in [5, 5.41) is 0. The molecule has 2 aromatic carbocycles. The number of ether oxygens (including phenoxy) is 1. The largest absolute Gasteiger partial charge is 0.364 e. The Balaban J connectivity index is 1.44. The van der Waals surface area contributed by atoms with Crippen LogP contribution in [0, 0.1) is 12.7 Å². The average molecular weight is 435 g/mol. The molecule has 2 aliphatic heterocycles. The summed E-state index contributed by atoms with van der Waals surface area (Å²) in [6, 6.07) is 15.2. The van der Waals surface area contributed by atoms with Crippen LogP contribution in [-0.4, -0.2) is 27.5 Å². The Morgan fingerprint density at radius 2 is 1.78 bits per heavy atom. The highest BCUT2D eigenvalue weighted by atomic mass is 19.1. The summed E-state index contributed by atoms with van der Waals surface area (Å²) < 4.78 is 22.1. The number of aryl methyl sites for hydroxylation is 1. The maximum atomic E-state index is 14.4. The molecule has 32 heavy (non-hydrogen) atoms. The third kappa shape index (κ3) is 3.61. The number of H-pyrrole nitrogens is 1. The molecule has 166 valence electrons. The Kier molecular flexibility index (Phi) is 5.31. The molecule has 0 saturated carbocycles. The van der Waals surface area contributed by atoms with Crippen LogP contribution in [0.4, 0.5) is 4.39 Å². The van der Waals surface area contributed by atoms with Gasteiger partial charge in [0.15, 0.2) is 0 Å². The third-order valence-electron chi connectivity index (χ3n) is 6.83. The molecule has 0 bridgehead atoms. The summed E-state index contributed by atoms with van der Waals surface area (Å²) in [5.74, 6) is -0.361. The summed E-state index contributed by atoms with van der Waals surface area (Å²) >= 11 is 0. The van der Waals surface area contributed by atoms with Crippen molar-refractivity contribution in [2.75, 3.05) is 13.1 Å². The summed E-state index contributed by atoms with van der Waals surface area (Å²) in [4.78, 5) is 30.4. The molecule has 1 spiro atoms. The first kappa shape index (κ1) is 20.8. The van der Waals surface area contributed by atoms with Crippen LogP contribution < -0.4 is 11.2 Å². The van der Waals surface area contributed by atoms with Crippen LogP contribution in [0.3, 0.4) is 0 Å². The first-order valence-electron chi connectivity index (χ1n) is 11.0. The number of halogens is 1. The Morgan fingerprint density at radius 1 is 1.03 bits per heavy atom. The molecule has 1 N–H and O–H groups in total. The molecule has 0 radical (unpaired) electrons. The summed E-state index contributed by atoms with van der Waals surface area (Å²) in [6.07, 6.45) is 1.35. The van der Waals surface area contributed by atoms with Crippen molar-refractivity contribution in [2.45, 2.75) is 45.1 Å². The number of nitrogens with one attached hydrogen (secondary N) is 1. The Bertz CT molecular complexity index is 1240. The quantitative estimate of drug-likeness (QED) is 0.684. The highest BCUT2D eigenvalue weighted by molar-refractivity contribution is 5.33. The van der Waals surface area contributed by atoms with Crippen LogP contribution in [0.5, 0.6) is 0 Å². The fraction of sp³-hybridized carbons (Fsp3) is 0.360. The minimum absolute atomic E-state index is 0.0655. The lowest BCUT2D eigenvalue weighted by atomic mass is 9.85. The van der Waals surface area contributed by atoms with Crippen LogP contribution >= 0.6 is 0 Å². The number of aromatic amines is 1. The first-order chi connectivity index (χ1) is 15.5. The standard InChI is InChI=1S/C25H26FN3O3/c1-17-6-5-9-20(26)19(17)15-29-21-16-32-25(22(21)23(30)27-24(29)31)10-12-28(13-11-25)14-18-7-3-2-4-8-18/h2-9H,10-16H2,1H3,(H,27,30,31). The van der Waals surface area contributed by atoms with Gasteiger partial charge in [0.1, 0.15) is 11.4 Å². The maximum Gasteiger partial charge on any atom is 0.328 e. The highest BCUT2D eigenvalue weighted by Crippen LogP contribution is 2.42. The zero-order chi connectivity index (χ0) is 22.3. The lowest BCUT2D eigenvalue weighted by Crippen LogP contribution is -2.45. The lowest BCUT2D eigenvalue weighted by molar-refractivity contribution is -0.0809. The van der Waals surface area contributed by atoms with Gasteiger partial charge in [0.05, 0.1) is 24.4 Å². The molecule has 5 rings (SSSR count). The molecular formula is C25H26FN3O3.